The summed E-state index contributed by atoms with van der Waals surface area (Å²) in [7, 11) is 0. The van der Waals surface area contributed by atoms with Crippen LogP contribution in [0, 0.1) is 0 Å². The first-order chi connectivity index (χ1) is 44.8. The van der Waals surface area contributed by atoms with Crippen LogP contribution in [-0.4, -0.2) is 193 Å². The van der Waals surface area contributed by atoms with E-state index < -0.39 is 124 Å². The number of hydrogen-bond donors (Lipinski definition) is 12. The molecule has 0 aromatic heterocycles. The fourth-order valence-electron chi connectivity index (χ4n) is 12.7. The fourth-order valence-corrected chi connectivity index (χ4v) is 12.7. The van der Waals surface area contributed by atoms with E-state index >= 15 is 0 Å². The van der Waals surface area contributed by atoms with E-state index in [1.165, 1.54) is 180 Å². The second-order valence-corrected chi connectivity index (χ2v) is 26.7. The molecule has 0 bridgehead atoms. The molecule has 3 aliphatic rings. The Morgan fingerprint density at radius 1 is 0.402 bits per heavy atom. The van der Waals surface area contributed by atoms with Gasteiger partial charge in [0, 0.05) is 6.42 Å². The van der Waals surface area contributed by atoms with Crippen LogP contribution < -0.4 is 5.32 Å². The maximum atomic E-state index is 13.4. The number of amides is 1. The van der Waals surface area contributed by atoms with Crippen LogP contribution in [0.25, 0.3) is 0 Å². The fraction of sp³-hybridized carbons (Fsp3) is 0.904. The number of carbonyl (C=O) groups is 1. The van der Waals surface area contributed by atoms with Crippen molar-refractivity contribution in [3.63, 3.8) is 0 Å². The zero-order chi connectivity index (χ0) is 66.8. The van der Waals surface area contributed by atoms with Crippen LogP contribution in [0.2, 0.25) is 0 Å². The van der Waals surface area contributed by atoms with E-state index in [4.69, 9.17) is 28.4 Å². The summed E-state index contributed by atoms with van der Waals surface area (Å²) >= 11 is 0. The number of aliphatic hydroxyl groups is 11. The molecule has 92 heavy (non-hydrogen) atoms. The molecule has 3 rings (SSSR count). The van der Waals surface area contributed by atoms with Crippen LogP contribution in [0.1, 0.15) is 290 Å². The highest BCUT2D eigenvalue weighted by Gasteiger charge is 2.53. The van der Waals surface area contributed by atoms with Crippen molar-refractivity contribution in [2.45, 2.75) is 394 Å². The molecule has 0 spiro atoms. The Balaban J connectivity index is 1.36. The van der Waals surface area contributed by atoms with Gasteiger partial charge in [-0.3, -0.25) is 4.79 Å². The topological polar surface area (TPSA) is 307 Å². The highest BCUT2D eigenvalue weighted by atomic mass is 16.8. The molecular formula is C73H135NO18. The lowest BCUT2D eigenvalue weighted by Crippen LogP contribution is -2.66. The van der Waals surface area contributed by atoms with Gasteiger partial charge in [-0.2, -0.15) is 0 Å². The van der Waals surface area contributed by atoms with E-state index in [0.717, 1.165) is 77.0 Å². The second kappa shape index (κ2) is 55.0. The quantitative estimate of drug-likeness (QED) is 0.0199. The Kier molecular flexibility index (Phi) is 50.3. The summed E-state index contributed by atoms with van der Waals surface area (Å²) in [6, 6.07) is -0.898. The monoisotopic (exact) mass is 1310 g/mol. The third-order valence-corrected chi connectivity index (χ3v) is 18.7. The number of unbranched alkanes of at least 4 members (excludes halogenated alkanes) is 36. The minimum Gasteiger partial charge on any atom is -0.394 e. The van der Waals surface area contributed by atoms with Crippen LogP contribution in [-0.2, 0) is 33.2 Å². The van der Waals surface area contributed by atoms with E-state index in [9.17, 15) is 61.0 Å². The van der Waals surface area contributed by atoms with Gasteiger partial charge in [0.25, 0.3) is 0 Å². The molecule has 19 nitrogen and oxygen atoms in total. The van der Waals surface area contributed by atoms with Gasteiger partial charge in [0.2, 0.25) is 5.91 Å². The van der Waals surface area contributed by atoms with Crippen LogP contribution in [0.15, 0.2) is 36.5 Å². The van der Waals surface area contributed by atoms with Gasteiger partial charge in [0.1, 0.15) is 73.2 Å². The number of aliphatic hydroxyl groups excluding tert-OH is 11. The highest BCUT2D eigenvalue weighted by molar-refractivity contribution is 5.76. The van der Waals surface area contributed by atoms with Crippen molar-refractivity contribution < 1.29 is 89.4 Å². The molecule has 1 amide bonds. The molecule has 0 aromatic carbocycles. The number of nitrogens with one attached hydrogen (secondary N) is 1. The largest absolute Gasteiger partial charge is 0.394 e. The first-order valence-corrected chi connectivity index (χ1v) is 37.2. The van der Waals surface area contributed by atoms with Crippen molar-refractivity contribution in [2.75, 3.05) is 26.4 Å². The van der Waals surface area contributed by atoms with Gasteiger partial charge in [-0.1, -0.05) is 275 Å². The van der Waals surface area contributed by atoms with E-state index in [2.05, 4.69) is 55.6 Å². The van der Waals surface area contributed by atoms with Crippen molar-refractivity contribution in [1.82, 2.24) is 5.32 Å². The molecule has 540 valence electrons. The van der Waals surface area contributed by atoms with Crippen LogP contribution in [0.5, 0.6) is 0 Å². The molecule has 17 unspecified atom stereocenters. The maximum absolute atomic E-state index is 13.4. The minimum atomic E-state index is -1.97. The Bertz CT molecular complexity index is 1810. The average Bonchev–Trinajstić information content (AvgIpc) is 0.837. The predicted octanol–water partition coefficient (Wildman–Crippen LogP) is 10.8. The van der Waals surface area contributed by atoms with Crippen LogP contribution >= 0.6 is 0 Å². The number of ether oxygens (including phenoxy) is 6. The van der Waals surface area contributed by atoms with E-state index in [-0.39, 0.29) is 18.9 Å². The molecule has 0 aliphatic carbocycles. The molecule has 0 radical (unpaired) electrons. The smallest absolute Gasteiger partial charge is 0.220 e. The highest BCUT2D eigenvalue weighted by Crippen LogP contribution is 2.33. The van der Waals surface area contributed by atoms with Crippen molar-refractivity contribution in [1.29, 1.82) is 0 Å². The number of hydrogen-bond acceptors (Lipinski definition) is 18. The zero-order valence-corrected chi connectivity index (χ0v) is 57.3. The summed E-state index contributed by atoms with van der Waals surface area (Å²) in [5, 5.41) is 121. The number of rotatable bonds is 58. The molecule has 19 heteroatoms. The molecule has 3 heterocycles. The summed E-state index contributed by atoms with van der Waals surface area (Å²) in [5.74, 6) is -0.257. The third kappa shape index (κ3) is 36.0. The van der Waals surface area contributed by atoms with Crippen LogP contribution in [0.3, 0.4) is 0 Å². The Labute approximate surface area is 555 Å². The first-order valence-electron chi connectivity index (χ1n) is 37.2. The Morgan fingerprint density at radius 3 is 1.17 bits per heavy atom. The van der Waals surface area contributed by atoms with Crippen molar-refractivity contribution in [3.8, 4) is 0 Å². The number of carbonyl (C=O) groups excluding carboxylic acids is 1. The summed E-state index contributed by atoms with van der Waals surface area (Å²) < 4.78 is 34.4. The molecule has 3 aliphatic heterocycles. The molecule has 3 fully saturated rings. The molecule has 3 saturated heterocycles. The van der Waals surface area contributed by atoms with E-state index in [1.54, 1.807) is 0 Å². The average molecular weight is 1310 g/mol. The maximum Gasteiger partial charge on any atom is 0.220 e. The van der Waals surface area contributed by atoms with Gasteiger partial charge in [0.05, 0.1) is 38.6 Å². The van der Waals surface area contributed by atoms with Crippen molar-refractivity contribution in [3.05, 3.63) is 36.5 Å². The van der Waals surface area contributed by atoms with Crippen molar-refractivity contribution >= 4 is 5.91 Å². The molecule has 17 atom stereocenters. The third-order valence-electron chi connectivity index (χ3n) is 18.7. The zero-order valence-electron chi connectivity index (χ0n) is 57.3. The Morgan fingerprint density at radius 2 is 0.750 bits per heavy atom. The van der Waals surface area contributed by atoms with Gasteiger partial charge < -0.3 is 89.9 Å². The lowest BCUT2D eigenvalue weighted by atomic mass is 9.96. The number of allylic oxidation sites excluding steroid dienone is 6. The van der Waals surface area contributed by atoms with E-state index in [0.29, 0.717) is 12.8 Å². The molecule has 0 aromatic rings. The molecule has 12 N–H and O–H groups in total. The summed E-state index contributed by atoms with van der Waals surface area (Å²) in [4.78, 5) is 13.4. The molecule has 0 saturated carbocycles. The van der Waals surface area contributed by atoms with Gasteiger partial charge in [0.15, 0.2) is 18.9 Å². The van der Waals surface area contributed by atoms with Gasteiger partial charge in [-0.15, -0.1) is 0 Å². The minimum absolute atomic E-state index is 0.247. The lowest BCUT2D eigenvalue weighted by Gasteiger charge is -2.48. The standard InChI is InChI=1S/C73H135NO18/c1-3-5-7-9-11-13-15-17-19-20-21-22-23-24-25-26-27-28-29-30-31-32-33-34-35-37-38-40-42-44-46-48-50-57(78)56(74-61(79)51-49-47-45-43-41-39-36-18-16-14-12-10-8-6-4-2)55-87-71-67(85)64(82)69(59(53-76)89-71)92-73-68(86)65(83)70(60(54-77)90-73)91-72-66(84)63(81)62(80)58(52-75)88-72/h6,8,12,14,18,36,56-60,62-73,75-78,80-86H,3-5,7,9-11,13,15-17,19-35,37-55H2,1-2H3,(H,74,79)/b8-6-,14-12-,36-18-. The summed E-state index contributed by atoms with van der Waals surface area (Å²) in [6.07, 6.45) is 38.2. The van der Waals surface area contributed by atoms with Gasteiger partial charge in [-0.05, 0) is 44.9 Å². The van der Waals surface area contributed by atoms with Gasteiger partial charge in [-0.25, -0.2) is 0 Å². The Hall–Kier alpha value is -1.99. The van der Waals surface area contributed by atoms with E-state index in [1.807, 2.05) is 0 Å². The summed E-state index contributed by atoms with van der Waals surface area (Å²) in [5.41, 5.74) is 0. The normalized spacial score (nSPS) is 27.9. The lowest BCUT2D eigenvalue weighted by molar-refractivity contribution is -0.379. The molecular weight excluding hydrogens is 1180 g/mol. The van der Waals surface area contributed by atoms with Crippen molar-refractivity contribution in [2.24, 2.45) is 0 Å². The van der Waals surface area contributed by atoms with Gasteiger partial charge >= 0.3 is 0 Å². The summed E-state index contributed by atoms with van der Waals surface area (Å²) in [6.45, 7) is 1.70. The second-order valence-electron chi connectivity index (χ2n) is 26.7. The van der Waals surface area contributed by atoms with Crippen LogP contribution in [0.4, 0.5) is 0 Å². The first kappa shape index (κ1) is 84.2. The SMILES string of the molecule is CC/C=C\C/C=C\C/C=C\CCCCCCCC(=O)NC(COC1OC(CO)C(OC2OC(CO)C(OC3OC(CO)C(O)C(O)C3O)C(O)C2O)C(O)C1O)C(O)CCCCCCCCCCCCCCCCCCCCCCCCCCCCCCCCCC. The predicted molar refractivity (Wildman–Crippen MR) is 360 cm³/mol.